The summed E-state index contributed by atoms with van der Waals surface area (Å²) >= 11 is 0. The Labute approximate surface area is 147 Å². The molecule has 0 aliphatic rings. The van der Waals surface area contributed by atoms with Gasteiger partial charge in [-0.3, -0.25) is 9.59 Å². The molecule has 2 N–H and O–H groups in total. The molecule has 0 aliphatic heterocycles. The van der Waals surface area contributed by atoms with Gasteiger partial charge >= 0.3 is 0 Å². The third-order valence-corrected chi connectivity index (χ3v) is 3.78. The van der Waals surface area contributed by atoms with Gasteiger partial charge in [0.05, 0.1) is 11.6 Å². The van der Waals surface area contributed by atoms with Crippen LogP contribution in [-0.2, 0) is 4.79 Å². The van der Waals surface area contributed by atoms with Crippen LogP contribution in [0.15, 0.2) is 48.5 Å². The van der Waals surface area contributed by atoms with Crippen LogP contribution in [0.2, 0.25) is 0 Å². The fourth-order valence-corrected chi connectivity index (χ4v) is 2.43. The molecule has 2 aromatic carbocycles. The number of carbonyl (C=O) groups excluding carboxylic acids is 2. The maximum atomic E-state index is 12.6. The van der Waals surface area contributed by atoms with Crippen molar-refractivity contribution in [1.29, 1.82) is 5.26 Å². The molecule has 2 rings (SSSR count). The molecule has 2 aromatic rings. The van der Waals surface area contributed by atoms with E-state index in [4.69, 9.17) is 5.26 Å². The number of nitrogens with one attached hydrogen (secondary N) is 2. The summed E-state index contributed by atoms with van der Waals surface area (Å²) in [7, 11) is 0. The molecule has 0 bridgehead atoms. The molecule has 0 saturated heterocycles. The summed E-state index contributed by atoms with van der Waals surface area (Å²) in [4.78, 5) is 25.0. The fraction of sp³-hybridized carbons (Fsp3) is 0.250. The molecule has 25 heavy (non-hydrogen) atoms. The van der Waals surface area contributed by atoms with E-state index in [1.807, 2.05) is 39.0 Å². The molecule has 128 valence electrons. The van der Waals surface area contributed by atoms with Crippen LogP contribution in [0.5, 0.6) is 0 Å². The molecule has 0 spiro atoms. The predicted octanol–water partition coefficient (Wildman–Crippen LogP) is 3.26. The molecule has 1 unspecified atom stereocenters. The number of benzene rings is 2. The molecule has 0 aromatic heterocycles. The normalized spacial score (nSPS) is 11.5. The van der Waals surface area contributed by atoms with Gasteiger partial charge in [0.2, 0.25) is 5.91 Å². The molecule has 2 amide bonds. The van der Waals surface area contributed by atoms with Crippen LogP contribution >= 0.6 is 0 Å². The summed E-state index contributed by atoms with van der Waals surface area (Å²) in [6.07, 6.45) is 0. The second kappa shape index (κ2) is 8.11. The molecule has 0 aliphatic carbocycles. The van der Waals surface area contributed by atoms with Crippen molar-refractivity contribution < 1.29 is 9.59 Å². The Kier molecular flexibility index (Phi) is 5.91. The minimum Gasteiger partial charge on any atom is -0.340 e. The Morgan fingerprint density at radius 1 is 1.08 bits per heavy atom. The van der Waals surface area contributed by atoms with Crippen molar-refractivity contribution in [3.05, 3.63) is 65.2 Å². The Morgan fingerprint density at radius 3 is 2.44 bits per heavy atom. The number of nitrogens with zero attached hydrogens (tertiary/aromatic N) is 1. The summed E-state index contributed by atoms with van der Waals surface area (Å²) in [6.45, 7) is 5.64. The van der Waals surface area contributed by atoms with Crippen molar-refractivity contribution in [3.8, 4) is 6.07 Å². The van der Waals surface area contributed by atoms with E-state index < -0.39 is 6.04 Å². The van der Waals surface area contributed by atoms with Gasteiger partial charge in [0, 0.05) is 11.3 Å². The second-order valence-corrected chi connectivity index (χ2v) is 6.25. The van der Waals surface area contributed by atoms with E-state index in [0.29, 0.717) is 16.8 Å². The van der Waals surface area contributed by atoms with Crippen LogP contribution in [0, 0.1) is 24.2 Å². The van der Waals surface area contributed by atoms with Crippen LogP contribution in [0.3, 0.4) is 0 Å². The number of hydrogen-bond donors (Lipinski definition) is 2. The van der Waals surface area contributed by atoms with Gasteiger partial charge in [-0.05, 0) is 43.2 Å². The second-order valence-electron chi connectivity index (χ2n) is 6.25. The van der Waals surface area contributed by atoms with Crippen LogP contribution in [0.1, 0.15) is 35.3 Å². The first-order chi connectivity index (χ1) is 11.9. The van der Waals surface area contributed by atoms with Gasteiger partial charge in [-0.25, -0.2) is 0 Å². The summed E-state index contributed by atoms with van der Waals surface area (Å²) in [6, 6.07) is 15.2. The zero-order valence-corrected chi connectivity index (χ0v) is 14.5. The van der Waals surface area contributed by atoms with Crippen LogP contribution in [-0.4, -0.2) is 17.9 Å². The van der Waals surface area contributed by atoms with Gasteiger partial charge < -0.3 is 10.6 Å². The summed E-state index contributed by atoms with van der Waals surface area (Å²) in [5.41, 5.74) is 2.48. The highest BCUT2D eigenvalue weighted by atomic mass is 16.2. The van der Waals surface area contributed by atoms with Crippen molar-refractivity contribution in [1.82, 2.24) is 5.32 Å². The summed E-state index contributed by atoms with van der Waals surface area (Å²) in [5.74, 6) is -0.692. The van der Waals surface area contributed by atoms with E-state index in [1.54, 1.807) is 36.4 Å². The smallest absolute Gasteiger partial charge is 0.251 e. The summed E-state index contributed by atoms with van der Waals surface area (Å²) in [5, 5.41) is 14.5. The van der Waals surface area contributed by atoms with Crippen molar-refractivity contribution in [2.24, 2.45) is 5.92 Å². The van der Waals surface area contributed by atoms with E-state index in [0.717, 1.165) is 5.56 Å². The highest BCUT2D eigenvalue weighted by Gasteiger charge is 2.24. The SMILES string of the molecule is Cc1cccc(C(=O)NC(C(=O)Nc2cccc(C#N)c2)C(C)C)c1. The van der Waals surface area contributed by atoms with Gasteiger partial charge in [-0.1, -0.05) is 37.6 Å². The lowest BCUT2D eigenvalue weighted by Gasteiger charge is -2.22. The van der Waals surface area contributed by atoms with E-state index in [-0.39, 0.29) is 17.7 Å². The number of amides is 2. The molecule has 0 saturated carbocycles. The van der Waals surface area contributed by atoms with Gasteiger partial charge in [-0.2, -0.15) is 5.26 Å². The third-order valence-electron chi connectivity index (χ3n) is 3.78. The maximum Gasteiger partial charge on any atom is 0.251 e. The van der Waals surface area contributed by atoms with E-state index >= 15 is 0 Å². The lowest BCUT2D eigenvalue weighted by Crippen LogP contribution is -2.47. The monoisotopic (exact) mass is 335 g/mol. The Hall–Kier alpha value is -3.13. The molecule has 0 heterocycles. The molecular weight excluding hydrogens is 314 g/mol. The van der Waals surface area contributed by atoms with E-state index in [2.05, 4.69) is 10.6 Å². The fourth-order valence-electron chi connectivity index (χ4n) is 2.43. The number of aryl methyl sites for hydroxylation is 1. The third kappa shape index (κ3) is 4.92. The topological polar surface area (TPSA) is 82.0 Å². The molecule has 5 heteroatoms. The highest BCUT2D eigenvalue weighted by molar-refractivity contribution is 6.01. The highest BCUT2D eigenvalue weighted by Crippen LogP contribution is 2.13. The first-order valence-electron chi connectivity index (χ1n) is 8.09. The summed E-state index contributed by atoms with van der Waals surface area (Å²) < 4.78 is 0. The number of carbonyl (C=O) groups is 2. The standard InChI is InChI=1S/C20H21N3O2/c1-13(2)18(23-19(24)16-8-4-6-14(3)10-16)20(25)22-17-9-5-7-15(11-17)12-21/h4-11,13,18H,1-3H3,(H,22,25)(H,23,24). The Balaban J connectivity index is 2.13. The largest absolute Gasteiger partial charge is 0.340 e. The quantitative estimate of drug-likeness (QED) is 0.880. The van der Waals surface area contributed by atoms with E-state index in [1.165, 1.54) is 0 Å². The minimum absolute atomic E-state index is 0.0899. The van der Waals surface area contributed by atoms with Gasteiger partial charge in [0.1, 0.15) is 6.04 Å². The average molecular weight is 335 g/mol. The van der Waals surface area contributed by atoms with Crippen LogP contribution in [0.25, 0.3) is 0 Å². The van der Waals surface area contributed by atoms with Crippen LogP contribution in [0.4, 0.5) is 5.69 Å². The number of anilines is 1. The molecular formula is C20H21N3O2. The zero-order valence-electron chi connectivity index (χ0n) is 14.5. The Bertz CT molecular complexity index is 822. The maximum absolute atomic E-state index is 12.6. The van der Waals surface area contributed by atoms with Crippen molar-refractivity contribution in [3.63, 3.8) is 0 Å². The van der Waals surface area contributed by atoms with Crippen molar-refractivity contribution in [2.75, 3.05) is 5.32 Å². The lowest BCUT2D eigenvalue weighted by atomic mass is 10.0. The minimum atomic E-state index is -0.682. The molecule has 5 nitrogen and oxygen atoms in total. The Morgan fingerprint density at radius 2 is 1.80 bits per heavy atom. The zero-order chi connectivity index (χ0) is 18.4. The number of rotatable bonds is 5. The number of nitriles is 1. The molecule has 0 fully saturated rings. The molecule has 0 radical (unpaired) electrons. The van der Waals surface area contributed by atoms with Crippen molar-refractivity contribution in [2.45, 2.75) is 26.8 Å². The number of hydrogen-bond acceptors (Lipinski definition) is 3. The first-order valence-corrected chi connectivity index (χ1v) is 8.09. The predicted molar refractivity (Wildman–Crippen MR) is 97.1 cm³/mol. The van der Waals surface area contributed by atoms with Crippen LogP contribution < -0.4 is 10.6 Å². The van der Waals surface area contributed by atoms with E-state index in [9.17, 15) is 9.59 Å². The molecule has 1 atom stereocenters. The first kappa shape index (κ1) is 18.2. The van der Waals surface area contributed by atoms with Crippen molar-refractivity contribution >= 4 is 17.5 Å². The van der Waals surface area contributed by atoms with Gasteiger partial charge in [0.25, 0.3) is 5.91 Å². The van der Waals surface area contributed by atoms with Gasteiger partial charge in [-0.15, -0.1) is 0 Å². The average Bonchev–Trinajstić information content (AvgIpc) is 2.59. The lowest BCUT2D eigenvalue weighted by molar-refractivity contribution is -0.118. The van der Waals surface area contributed by atoms with Gasteiger partial charge in [0.15, 0.2) is 0 Å².